The second kappa shape index (κ2) is 4.82. The maximum Gasteiger partial charge on any atom is 0.325 e. The summed E-state index contributed by atoms with van der Waals surface area (Å²) in [6.45, 7) is 2.12. The van der Waals surface area contributed by atoms with Crippen LogP contribution in [0.4, 0.5) is 0 Å². The van der Waals surface area contributed by atoms with Gasteiger partial charge in [-0.2, -0.15) is 4.31 Å². The molecular weight excluding hydrogens is 290 g/mol. The van der Waals surface area contributed by atoms with Crippen molar-refractivity contribution in [1.29, 1.82) is 0 Å². The van der Waals surface area contributed by atoms with E-state index in [9.17, 15) is 13.2 Å². The Hall–Kier alpha value is -1.92. The van der Waals surface area contributed by atoms with Crippen LogP contribution < -0.4 is 0 Å². The maximum absolute atomic E-state index is 12.7. The van der Waals surface area contributed by atoms with E-state index in [1.165, 1.54) is 7.11 Å². The van der Waals surface area contributed by atoms with E-state index in [1.807, 2.05) is 19.1 Å². The zero-order valence-electron chi connectivity index (χ0n) is 11.7. The van der Waals surface area contributed by atoms with Crippen LogP contribution >= 0.6 is 0 Å². The number of fused-ring (bicyclic) bond motifs is 1. The summed E-state index contributed by atoms with van der Waals surface area (Å²) < 4.78 is 31.1. The van der Waals surface area contributed by atoms with Crippen LogP contribution in [-0.4, -0.2) is 38.4 Å². The SMILES string of the molecule is COC(=O)C1CN1S(=O)(=O)c1ccc(C)c2ccccc12. The second-order valence-corrected chi connectivity index (χ2v) is 6.90. The third-order valence-corrected chi connectivity index (χ3v) is 5.66. The van der Waals surface area contributed by atoms with Crippen LogP contribution in [0.2, 0.25) is 0 Å². The molecule has 0 bridgehead atoms. The van der Waals surface area contributed by atoms with E-state index in [-0.39, 0.29) is 11.4 Å². The molecule has 21 heavy (non-hydrogen) atoms. The Kier molecular flexibility index (Phi) is 3.22. The molecule has 1 saturated heterocycles. The predicted octanol–water partition coefficient (Wildman–Crippen LogP) is 1.69. The minimum absolute atomic E-state index is 0.178. The van der Waals surface area contributed by atoms with Gasteiger partial charge in [-0.05, 0) is 23.9 Å². The fourth-order valence-electron chi connectivity index (χ4n) is 2.49. The van der Waals surface area contributed by atoms with Gasteiger partial charge in [0.2, 0.25) is 10.0 Å². The molecule has 5 nitrogen and oxygen atoms in total. The Morgan fingerprint density at radius 3 is 2.52 bits per heavy atom. The first-order chi connectivity index (χ1) is 9.96. The number of carbonyl (C=O) groups excluding carboxylic acids is 1. The van der Waals surface area contributed by atoms with Crippen molar-refractivity contribution < 1.29 is 17.9 Å². The van der Waals surface area contributed by atoms with Crippen LogP contribution in [0.5, 0.6) is 0 Å². The van der Waals surface area contributed by atoms with Gasteiger partial charge in [-0.25, -0.2) is 8.42 Å². The van der Waals surface area contributed by atoms with E-state index in [0.29, 0.717) is 5.39 Å². The maximum atomic E-state index is 12.7. The quantitative estimate of drug-likeness (QED) is 0.639. The number of methoxy groups -OCH3 is 1. The van der Waals surface area contributed by atoms with E-state index >= 15 is 0 Å². The summed E-state index contributed by atoms with van der Waals surface area (Å²) in [5, 5.41) is 1.57. The molecule has 0 spiro atoms. The van der Waals surface area contributed by atoms with Crippen molar-refractivity contribution in [2.24, 2.45) is 0 Å². The van der Waals surface area contributed by atoms with Gasteiger partial charge >= 0.3 is 5.97 Å². The molecule has 1 fully saturated rings. The van der Waals surface area contributed by atoms with Gasteiger partial charge < -0.3 is 4.74 Å². The summed E-state index contributed by atoms with van der Waals surface area (Å²) in [5.74, 6) is -0.519. The van der Waals surface area contributed by atoms with E-state index in [4.69, 9.17) is 0 Å². The highest BCUT2D eigenvalue weighted by Gasteiger charge is 2.50. The molecule has 0 N–H and O–H groups in total. The third kappa shape index (κ3) is 2.20. The largest absolute Gasteiger partial charge is 0.468 e. The summed E-state index contributed by atoms with van der Waals surface area (Å²) in [6, 6.07) is 10.0. The highest BCUT2D eigenvalue weighted by molar-refractivity contribution is 7.89. The number of sulfonamides is 1. The van der Waals surface area contributed by atoms with Crippen LogP contribution in [0.15, 0.2) is 41.3 Å². The number of benzene rings is 2. The molecule has 1 aliphatic rings. The van der Waals surface area contributed by atoms with Crippen molar-refractivity contribution in [2.45, 2.75) is 17.9 Å². The summed E-state index contributed by atoms with van der Waals surface area (Å²) in [5.41, 5.74) is 1.01. The average molecular weight is 305 g/mol. The number of rotatable bonds is 3. The molecule has 1 aliphatic heterocycles. The van der Waals surface area contributed by atoms with Crippen molar-refractivity contribution in [3.8, 4) is 0 Å². The van der Waals surface area contributed by atoms with Crippen LogP contribution in [0.3, 0.4) is 0 Å². The third-order valence-electron chi connectivity index (χ3n) is 3.73. The van der Waals surface area contributed by atoms with Crippen molar-refractivity contribution in [2.75, 3.05) is 13.7 Å². The van der Waals surface area contributed by atoms with Gasteiger partial charge in [0.25, 0.3) is 0 Å². The smallest absolute Gasteiger partial charge is 0.325 e. The Morgan fingerprint density at radius 1 is 1.19 bits per heavy atom. The molecule has 0 radical (unpaired) electrons. The highest BCUT2D eigenvalue weighted by Crippen LogP contribution is 2.33. The highest BCUT2D eigenvalue weighted by atomic mass is 32.2. The first-order valence-electron chi connectivity index (χ1n) is 6.55. The molecule has 0 aliphatic carbocycles. The molecule has 1 heterocycles. The van der Waals surface area contributed by atoms with Crippen molar-refractivity contribution in [3.05, 3.63) is 42.0 Å². The molecule has 2 aromatic rings. The fraction of sp³-hybridized carbons (Fsp3) is 0.267. The van der Waals surface area contributed by atoms with Gasteiger partial charge in [0.05, 0.1) is 12.0 Å². The van der Waals surface area contributed by atoms with Gasteiger partial charge in [0.1, 0.15) is 6.04 Å². The van der Waals surface area contributed by atoms with Crippen molar-refractivity contribution >= 4 is 26.8 Å². The van der Waals surface area contributed by atoms with Crippen LogP contribution in [-0.2, 0) is 19.6 Å². The van der Waals surface area contributed by atoms with Crippen LogP contribution in [0.1, 0.15) is 5.56 Å². The normalized spacial score (nSPS) is 21.2. The molecule has 0 aromatic heterocycles. The molecular formula is C15H15NO4S. The van der Waals surface area contributed by atoms with Gasteiger partial charge in [-0.1, -0.05) is 30.3 Å². The van der Waals surface area contributed by atoms with E-state index in [2.05, 4.69) is 4.74 Å². The van der Waals surface area contributed by atoms with Crippen LogP contribution in [0, 0.1) is 6.92 Å². The zero-order chi connectivity index (χ0) is 15.2. The standard InChI is InChI=1S/C15H15NO4S/c1-10-7-8-14(12-6-4-3-5-11(10)12)21(18,19)16-9-13(16)15(17)20-2/h3-8,13H,9H2,1-2H3. The van der Waals surface area contributed by atoms with Gasteiger partial charge in [0.15, 0.2) is 0 Å². The minimum atomic E-state index is -3.68. The van der Waals surface area contributed by atoms with Crippen molar-refractivity contribution in [1.82, 2.24) is 4.31 Å². The Balaban J connectivity index is 2.09. The molecule has 2 unspecified atom stereocenters. The summed E-state index contributed by atoms with van der Waals surface area (Å²) in [4.78, 5) is 11.7. The van der Waals surface area contributed by atoms with Gasteiger partial charge in [0, 0.05) is 11.9 Å². The lowest BCUT2D eigenvalue weighted by Gasteiger charge is -2.10. The Labute approximate surface area is 123 Å². The monoisotopic (exact) mass is 305 g/mol. The Morgan fingerprint density at radius 2 is 1.86 bits per heavy atom. The minimum Gasteiger partial charge on any atom is -0.468 e. The number of ether oxygens (including phenoxy) is 1. The molecule has 2 atom stereocenters. The number of hydrogen-bond donors (Lipinski definition) is 0. The second-order valence-electron chi connectivity index (χ2n) is 5.04. The number of hydrogen-bond acceptors (Lipinski definition) is 4. The lowest BCUT2D eigenvalue weighted by atomic mass is 10.1. The molecule has 0 amide bonds. The topological polar surface area (TPSA) is 63.5 Å². The molecule has 110 valence electrons. The Bertz CT molecular complexity index is 829. The lowest BCUT2D eigenvalue weighted by molar-refractivity contribution is -0.140. The van der Waals surface area contributed by atoms with Gasteiger partial charge in [-0.15, -0.1) is 0 Å². The first kappa shape index (κ1) is 14.0. The lowest BCUT2D eigenvalue weighted by Crippen LogP contribution is -2.20. The van der Waals surface area contributed by atoms with E-state index in [0.717, 1.165) is 15.3 Å². The summed E-state index contributed by atoms with van der Waals surface area (Å²) >= 11 is 0. The predicted molar refractivity (Wildman–Crippen MR) is 78.4 cm³/mol. The number of esters is 1. The van der Waals surface area contributed by atoms with Crippen LogP contribution in [0.25, 0.3) is 10.8 Å². The molecule has 3 rings (SSSR count). The summed E-state index contributed by atoms with van der Waals surface area (Å²) in [6.07, 6.45) is 0. The molecule has 6 heteroatoms. The first-order valence-corrected chi connectivity index (χ1v) is 7.99. The number of nitrogens with zero attached hydrogens (tertiary/aromatic N) is 1. The van der Waals surface area contributed by atoms with E-state index < -0.39 is 22.0 Å². The number of carbonyl (C=O) groups is 1. The van der Waals surface area contributed by atoms with Gasteiger partial charge in [-0.3, -0.25) is 4.79 Å². The summed E-state index contributed by atoms with van der Waals surface area (Å²) in [7, 11) is -2.42. The van der Waals surface area contributed by atoms with E-state index in [1.54, 1.807) is 24.3 Å². The number of aryl methyl sites for hydroxylation is 1. The average Bonchev–Trinajstić information content (AvgIpc) is 3.28. The molecule has 2 aromatic carbocycles. The zero-order valence-corrected chi connectivity index (χ0v) is 12.6. The van der Waals surface area contributed by atoms with Crippen molar-refractivity contribution in [3.63, 3.8) is 0 Å². The fourth-order valence-corrected chi connectivity index (χ4v) is 4.20. The molecule has 0 saturated carbocycles.